The normalized spacial score (nSPS) is 14.1. The van der Waals surface area contributed by atoms with Gasteiger partial charge in [0.1, 0.15) is 5.36 Å². The number of nitrogens with zero attached hydrogens (tertiary/aromatic N) is 2. The summed E-state index contributed by atoms with van der Waals surface area (Å²) in [5.74, 6) is 2.97. The van der Waals surface area contributed by atoms with Crippen LogP contribution in [0.4, 0.5) is 0 Å². The zero-order valence-corrected chi connectivity index (χ0v) is 6.93. The van der Waals surface area contributed by atoms with Crippen LogP contribution >= 0.6 is 11.3 Å². The van der Waals surface area contributed by atoms with Crippen molar-refractivity contribution < 1.29 is 4.68 Å². The van der Waals surface area contributed by atoms with E-state index in [4.69, 9.17) is 0 Å². The molecule has 1 aliphatic heterocycles. The van der Waals surface area contributed by atoms with Crippen LogP contribution in [0.1, 0.15) is 0 Å². The molecule has 3 heteroatoms. The minimum atomic E-state index is 1.03. The monoisotopic (exact) mass is 163 g/mol. The largest absolute Gasteiger partial charge is 0.200 e. The standard InChI is InChI=1S/C8H7N2S/c1-10-5-2-3-8-7(9-10)4-6-11-8/h2-4,6H,1H3/q+1. The molecule has 1 aromatic heterocycles. The first-order valence-electron chi connectivity index (χ1n) is 3.32. The summed E-state index contributed by atoms with van der Waals surface area (Å²) in [6, 6.07) is 2.01. The van der Waals surface area contributed by atoms with Crippen molar-refractivity contribution in [3.05, 3.63) is 27.4 Å². The van der Waals surface area contributed by atoms with Gasteiger partial charge in [0.15, 0.2) is 12.9 Å². The van der Waals surface area contributed by atoms with E-state index in [1.165, 1.54) is 4.53 Å². The highest BCUT2D eigenvalue weighted by Gasteiger charge is 1.95. The molecule has 2 nitrogen and oxygen atoms in total. The Kier molecular flexibility index (Phi) is 1.46. The molecular formula is C8H7N2S+. The van der Waals surface area contributed by atoms with E-state index >= 15 is 0 Å². The summed E-state index contributed by atoms with van der Waals surface area (Å²) < 4.78 is 2.89. The molecule has 0 aromatic carbocycles. The van der Waals surface area contributed by atoms with Gasteiger partial charge in [0.25, 0.3) is 0 Å². The average molecular weight is 163 g/mol. The topological polar surface area (TPSA) is 15.4 Å². The number of allylic oxidation sites excluding steroid dienone is 1. The highest BCUT2D eigenvalue weighted by atomic mass is 32.1. The minimum absolute atomic E-state index is 1.03. The highest BCUT2D eigenvalue weighted by Crippen LogP contribution is 1.83. The Balaban J connectivity index is 2.87. The van der Waals surface area contributed by atoms with E-state index in [0.29, 0.717) is 0 Å². The molecule has 1 aliphatic rings. The molecule has 0 atom stereocenters. The van der Waals surface area contributed by atoms with Crippen molar-refractivity contribution in [3.63, 3.8) is 0 Å². The zero-order valence-electron chi connectivity index (χ0n) is 6.11. The first kappa shape index (κ1) is 6.53. The van der Waals surface area contributed by atoms with Crippen molar-refractivity contribution in [3.8, 4) is 0 Å². The molecule has 0 radical (unpaired) electrons. The molecule has 0 aliphatic carbocycles. The number of hydrogen-bond donors (Lipinski definition) is 0. The van der Waals surface area contributed by atoms with E-state index in [0.717, 1.165) is 5.36 Å². The predicted molar refractivity (Wildman–Crippen MR) is 45.3 cm³/mol. The Labute approximate surface area is 68.1 Å². The minimum Gasteiger partial charge on any atom is -0.142 e. The Morgan fingerprint density at radius 1 is 1.64 bits per heavy atom. The maximum absolute atomic E-state index is 4.27. The first-order valence-corrected chi connectivity index (χ1v) is 4.20. The third-order valence-corrected chi connectivity index (χ3v) is 2.30. The lowest BCUT2D eigenvalue weighted by Crippen LogP contribution is -2.18. The molecule has 0 bridgehead atoms. The van der Waals surface area contributed by atoms with Crippen molar-refractivity contribution in [2.75, 3.05) is 7.05 Å². The maximum atomic E-state index is 4.27. The van der Waals surface area contributed by atoms with Crippen LogP contribution in [-0.2, 0) is 0 Å². The van der Waals surface area contributed by atoms with Gasteiger partial charge in [0.2, 0.25) is 0 Å². The molecule has 0 N–H and O–H groups in total. The smallest absolute Gasteiger partial charge is 0.142 e. The van der Waals surface area contributed by atoms with Crippen molar-refractivity contribution in [1.29, 1.82) is 0 Å². The number of hydrogen-bond acceptors (Lipinski definition) is 2. The molecule has 0 spiro atoms. The van der Waals surface area contributed by atoms with Crippen LogP contribution in [0.3, 0.4) is 0 Å². The fourth-order valence-electron chi connectivity index (χ4n) is 0.933. The molecule has 0 fully saturated rings. The second-order valence-electron chi connectivity index (χ2n) is 2.26. The van der Waals surface area contributed by atoms with Gasteiger partial charge >= 0.3 is 0 Å². The molecule has 0 saturated carbocycles. The van der Waals surface area contributed by atoms with Crippen LogP contribution in [0, 0.1) is 0 Å². The van der Waals surface area contributed by atoms with Crippen LogP contribution < -0.4 is 9.89 Å². The van der Waals surface area contributed by atoms with E-state index in [1.54, 1.807) is 16.0 Å². The molecular weight excluding hydrogens is 156 g/mol. The third kappa shape index (κ3) is 1.16. The van der Waals surface area contributed by atoms with Gasteiger partial charge in [-0.15, -0.1) is 11.3 Å². The van der Waals surface area contributed by atoms with E-state index in [2.05, 4.69) is 11.0 Å². The second-order valence-corrected chi connectivity index (χ2v) is 3.20. The number of thiophene rings is 1. The van der Waals surface area contributed by atoms with Gasteiger partial charge in [0, 0.05) is 5.10 Å². The average Bonchev–Trinajstić information content (AvgIpc) is 2.31. The molecule has 2 heterocycles. The van der Waals surface area contributed by atoms with Crippen molar-refractivity contribution in [1.82, 2.24) is 0 Å². The summed E-state index contributed by atoms with van der Waals surface area (Å²) in [4.78, 5) is 0. The number of fused-ring (bicyclic) bond motifs is 1. The Morgan fingerprint density at radius 3 is 3.45 bits per heavy atom. The predicted octanol–water partition coefficient (Wildman–Crippen LogP) is -0.0550. The summed E-state index contributed by atoms with van der Waals surface area (Å²) in [5, 5.41) is 7.34. The Hall–Kier alpha value is -1.18. The van der Waals surface area contributed by atoms with Crippen molar-refractivity contribution in [2.24, 2.45) is 5.10 Å². The Morgan fingerprint density at radius 2 is 2.55 bits per heavy atom. The van der Waals surface area contributed by atoms with Crippen molar-refractivity contribution >= 4 is 23.3 Å². The van der Waals surface area contributed by atoms with Crippen molar-refractivity contribution in [2.45, 2.75) is 0 Å². The van der Waals surface area contributed by atoms with Crippen LogP contribution in [-0.4, -0.2) is 17.6 Å². The molecule has 0 saturated heterocycles. The van der Waals surface area contributed by atoms with E-state index in [1.807, 2.05) is 30.6 Å². The van der Waals surface area contributed by atoms with Crippen LogP contribution in [0.2, 0.25) is 0 Å². The van der Waals surface area contributed by atoms with E-state index in [-0.39, 0.29) is 0 Å². The summed E-state index contributed by atoms with van der Waals surface area (Å²) in [6.45, 7) is 0. The fourth-order valence-corrected chi connectivity index (χ4v) is 1.65. The van der Waals surface area contributed by atoms with E-state index in [9.17, 15) is 0 Å². The van der Waals surface area contributed by atoms with Crippen LogP contribution in [0.25, 0.3) is 6.08 Å². The molecule has 54 valence electrons. The van der Waals surface area contributed by atoms with Gasteiger partial charge in [-0.2, -0.15) is 0 Å². The quantitative estimate of drug-likeness (QED) is 0.476. The maximum Gasteiger partial charge on any atom is 0.200 e. The first-order chi connectivity index (χ1) is 5.36. The lowest BCUT2D eigenvalue weighted by Gasteiger charge is -1.72. The zero-order chi connectivity index (χ0) is 7.68. The second kappa shape index (κ2) is 2.46. The molecule has 0 unspecified atom stereocenters. The van der Waals surface area contributed by atoms with Gasteiger partial charge in [-0.1, -0.05) is 0 Å². The third-order valence-electron chi connectivity index (χ3n) is 1.43. The van der Waals surface area contributed by atoms with Crippen LogP contribution in [0.5, 0.6) is 0 Å². The lowest BCUT2D eigenvalue weighted by molar-refractivity contribution is -0.500. The summed E-state index contributed by atoms with van der Waals surface area (Å²) in [5.41, 5.74) is 0. The summed E-state index contributed by atoms with van der Waals surface area (Å²) >= 11 is 1.69. The molecule has 11 heavy (non-hydrogen) atoms. The highest BCUT2D eigenvalue weighted by molar-refractivity contribution is 7.07. The number of rotatable bonds is 0. The molecule has 1 aromatic rings. The van der Waals surface area contributed by atoms with Gasteiger partial charge in [-0.25, -0.2) is 0 Å². The molecule has 2 rings (SSSR count). The van der Waals surface area contributed by atoms with Gasteiger partial charge in [-0.05, 0) is 22.2 Å². The van der Waals surface area contributed by atoms with Gasteiger partial charge in [0.05, 0.1) is 10.6 Å². The SMILES string of the molecule is C[N+]1=C=CC=c2sccc2=N1. The molecule has 0 amide bonds. The fraction of sp³-hybridized carbons (Fsp3) is 0.125. The Bertz CT molecular complexity index is 447. The van der Waals surface area contributed by atoms with Gasteiger partial charge in [-0.3, -0.25) is 0 Å². The lowest BCUT2D eigenvalue weighted by atomic mass is 10.5. The summed E-state index contributed by atoms with van der Waals surface area (Å²) in [6.07, 6.45) is 3.90. The van der Waals surface area contributed by atoms with E-state index < -0.39 is 0 Å². The summed E-state index contributed by atoms with van der Waals surface area (Å²) in [7, 11) is 1.87. The van der Waals surface area contributed by atoms with Gasteiger partial charge < -0.3 is 0 Å². The van der Waals surface area contributed by atoms with Crippen LogP contribution in [0.15, 0.2) is 22.6 Å².